The molecule has 4 rings (SSSR count). The van der Waals surface area contributed by atoms with Crippen molar-refractivity contribution in [2.75, 3.05) is 25.1 Å². The lowest BCUT2D eigenvalue weighted by molar-refractivity contribution is -0.146. The first-order valence-electron chi connectivity index (χ1n) is 8.78. The third-order valence-corrected chi connectivity index (χ3v) is 4.50. The van der Waals surface area contributed by atoms with Crippen molar-refractivity contribution in [2.45, 2.75) is 6.54 Å². The van der Waals surface area contributed by atoms with Gasteiger partial charge in [0.2, 0.25) is 11.7 Å². The molecule has 0 bridgehead atoms. The predicted octanol–water partition coefficient (Wildman–Crippen LogP) is 2.12. The molecule has 0 atom stereocenters. The van der Waals surface area contributed by atoms with Crippen LogP contribution in [0.2, 0.25) is 0 Å². The summed E-state index contributed by atoms with van der Waals surface area (Å²) in [7, 11) is 1.58. The average molecular weight is 378 g/mol. The van der Waals surface area contributed by atoms with Crippen molar-refractivity contribution in [1.29, 1.82) is 0 Å². The van der Waals surface area contributed by atoms with Crippen molar-refractivity contribution in [2.24, 2.45) is 0 Å². The molecule has 1 aliphatic heterocycles. The number of benzene rings is 2. The lowest BCUT2D eigenvalue weighted by Crippen LogP contribution is -2.54. The highest BCUT2D eigenvalue weighted by molar-refractivity contribution is 6.40. The topological polar surface area (TPSA) is 88.8 Å². The fourth-order valence-electron chi connectivity index (χ4n) is 3.04. The standard InChI is InChI=1S/C20H18N4O4/c1-27-16-9-5-6-14(12-16)18-21-17(28-22-18)13-23-10-11-24(20(26)19(23)25)15-7-3-2-4-8-15/h2-9,12H,10-11,13H2,1H3. The van der Waals surface area contributed by atoms with E-state index in [-0.39, 0.29) is 12.4 Å². The summed E-state index contributed by atoms with van der Waals surface area (Å²) >= 11 is 0. The van der Waals surface area contributed by atoms with E-state index in [9.17, 15) is 9.59 Å². The van der Waals surface area contributed by atoms with E-state index in [0.717, 1.165) is 5.56 Å². The summed E-state index contributed by atoms with van der Waals surface area (Å²) in [6.45, 7) is 0.881. The van der Waals surface area contributed by atoms with Gasteiger partial charge < -0.3 is 19.1 Å². The summed E-state index contributed by atoms with van der Waals surface area (Å²) in [6, 6.07) is 16.4. The number of methoxy groups -OCH3 is 1. The molecule has 0 N–H and O–H groups in total. The number of ether oxygens (including phenoxy) is 1. The van der Waals surface area contributed by atoms with Crippen molar-refractivity contribution in [3.8, 4) is 17.1 Å². The van der Waals surface area contributed by atoms with Crippen molar-refractivity contribution in [3.05, 3.63) is 60.5 Å². The van der Waals surface area contributed by atoms with Crippen molar-refractivity contribution in [3.63, 3.8) is 0 Å². The fourth-order valence-corrected chi connectivity index (χ4v) is 3.04. The molecule has 0 spiro atoms. The van der Waals surface area contributed by atoms with Crippen LogP contribution in [0.1, 0.15) is 5.89 Å². The zero-order chi connectivity index (χ0) is 19.5. The zero-order valence-electron chi connectivity index (χ0n) is 15.2. The van der Waals surface area contributed by atoms with E-state index in [1.54, 1.807) is 25.3 Å². The molecule has 2 aromatic carbocycles. The molecule has 142 valence electrons. The number of para-hydroxylation sites is 1. The third kappa shape index (κ3) is 3.44. The number of piperazine rings is 1. The smallest absolute Gasteiger partial charge is 0.316 e. The van der Waals surface area contributed by atoms with Crippen LogP contribution in [0.4, 0.5) is 5.69 Å². The first kappa shape index (κ1) is 17.7. The molecule has 0 radical (unpaired) electrons. The molecule has 2 amide bonds. The maximum Gasteiger partial charge on any atom is 0.316 e. The van der Waals surface area contributed by atoms with Crippen LogP contribution in [-0.4, -0.2) is 47.1 Å². The molecular formula is C20H18N4O4. The first-order chi connectivity index (χ1) is 13.7. The van der Waals surface area contributed by atoms with E-state index in [4.69, 9.17) is 9.26 Å². The van der Waals surface area contributed by atoms with E-state index in [0.29, 0.717) is 30.4 Å². The molecule has 0 saturated carbocycles. The van der Waals surface area contributed by atoms with Crippen molar-refractivity contribution < 1.29 is 18.8 Å². The van der Waals surface area contributed by atoms with Crippen LogP contribution in [0, 0.1) is 0 Å². The second-order valence-electron chi connectivity index (χ2n) is 6.26. The Morgan fingerprint density at radius 2 is 1.86 bits per heavy atom. The summed E-state index contributed by atoms with van der Waals surface area (Å²) in [5, 5.41) is 3.96. The Kier molecular flexibility index (Phi) is 4.76. The van der Waals surface area contributed by atoms with Crippen molar-refractivity contribution >= 4 is 17.5 Å². The summed E-state index contributed by atoms with van der Waals surface area (Å²) in [5.41, 5.74) is 1.45. The molecule has 8 heteroatoms. The second-order valence-corrected chi connectivity index (χ2v) is 6.26. The Morgan fingerprint density at radius 1 is 1.04 bits per heavy atom. The number of aromatic nitrogens is 2. The third-order valence-electron chi connectivity index (χ3n) is 4.50. The van der Waals surface area contributed by atoms with Gasteiger partial charge in [0, 0.05) is 24.3 Å². The van der Waals surface area contributed by atoms with Gasteiger partial charge in [0.15, 0.2) is 0 Å². The Morgan fingerprint density at radius 3 is 2.64 bits per heavy atom. The normalized spacial score (nSPS) is 14.5. The Hall–Kier alpha value is -3.68. The van der Waals surface area contributed by atoms with Crippen LogP contribution >= 0.6 is 0 Å². The number of amides is 2. The summed E-state index contributed by atoms with van der Waals surface area (Å²) < 4.78 is 10.5. The monoisotopic (exact) mass is 378 g/mol. The Bertz CT molecular complexity index is 1000. The number of carbonyl (C=O) groups excluding carboxylic acids is 2. The van der Waals surface area contributed by atoms with Gasteiger partial charge in [-0.05, 0) is 24.3 Å². The maximum atomic E-state index is 12.5. The van der Waals surface area contributed by atoms with Gasteiger partial charge in [-0.1, -0.05) is 35.5 Å². The van der Waals surface area contributed by atoms with Crippen LogP contribution in [0.3, 0.4) is 0 Å². The number of anilines is 1. The number of rotatable bonds is 5. The van der Waals surface area contributed by atoms with Crippen LogP contribution in [0.15, 0.2) is 59.1 Å². The van der Waals surface area contributed by atoms with E-state index < -0.39 is 11.8 Å². The maximum absolute atomic E-state index is 12.5. The van der Waals surface area contributed by atoms with Gasteiger partial charge in [-0.15, -0.1) is 0 Å². The summed E-state index contributed by atoms with van der Waals surface area (Å²) in [4.78, 5) is 32.2. The largest absolute Gasteiger partial charge is 0.497 e. The Balaban J connectivity index is 1.46. The molecular weight excluding hydrogens is 360 g/mol. The molecule has 1 aliphatic rings. The summed E-state index contributed by atoms with van der Waals surface area (Å²) in [5.74, 6) is 0.200. The average Bonchev–Trinajstić information content (AvgIpc) is 3.21. The van der Waals surface area contributed by atoms with Crippen LogP contribution in [0.5, 0.6) is 5.75 Å². The van der Waals surface area contributed by atoms with Gasteiger partial charge in [0.1, 0.15) is 12.3 Å². The molecule has 28 heavy (non-hydrogen) atoms. The minimum absolute atomic E-state index is 0.0875. The number of nitrogens with zero attached hydrogens (tertiary/aromatic N) is 4. The molecule has 1 saturated heterocycles. The number of hydrogen-bond donors (Lipinski definition) is 0. The molecule has 8 nitrogen and oxygen atoms in total. The highest BCUT2D eigenvalue weighted by atomic mass is 16.5. The highest BCUT2D eigenvalue weighted by Crippen LogP contribution is 2.22. The SMILES string of the molecule is COc1cccc(-c2noc(CN3CCN(c4ccccc4)C(=O)C3=O)n2)c1. The minimum atomic E-state index is -0.587. The van der Waals surface area contributed by atoms with Gasteiger partial charge in [-0.2, -0.15) is 4.98 Å². The molecule has 0 unspecified atom stereocenters. The minimum Gasteiger partial charge on any atom is -0.497 e. The Labute approximate surface area is 161 Å². The van der Waals surface area contributed by atoms with Crippen LogP contribution in [-0.2, 0) is 16.1 Å². The van der Waals surface area contributed by atoms with E-state index in [1.807, 2.05) is 36.4 Å². The molecule has 3 aromatic rings. The second kappa shape index (κ2) is 7.51. The zero-order valence-corrected chi connectivity index (χ0v) is 15.2. The van der Waals surface area contributed by atoms with Gasteiger partial charge in [-0.25, -0.2) is 0 Å². The van der Waals surface area contributed by atoms with Crippen LogP contribution in [0.25, 0.3) is 11.4 Å². The summed E-state index contributed by atoms with van der Waals surface area (Å²) in [6.07, 6.45) is 0. The predicted molar refractivity (Wildman–Crippen MR) is 100 cm³/mol. The molecule has 0 aliphatic carbocycles. The lowest BCUT2D eigenvalue weighted by Gasteiger charge is -2.32. The van der Waals surface area contributed by atoms with E-state index >= 15 is 0 Å². The highest BCUT2D eigenvalue weighted by Gasteiger charge is 2.34. The van der Waals surface area contributed by atoms with Gasteiger partial charge in [-0.3, -0.25) is 9.59 Å². The van der Waals surface area contributed by atoms with E-state index in [2.05, 4.69) is 10.1 Å². The fraction of sp³-hybridized carbons (Fsp3) is 0.200. The van der Waals surface area contributed by atoms with Gasteiger partial charge in [0.05, 0.1) is 7.11 Å². The number of carbonyl (C=O) groups is 2. The number of hydrogen-bond acceptors (Lipinski definition) is 6. The van der Waals surface area contributed by atoms with Crippen LogP contribution < -0.4 is 9.64 Å². The van der Waals surface area contributed by atoms with Gasteiger partial charge in [0.25, 0.3) is 0 Å². The van der Waals surface area contributed by atoms with Gasteiger partial charge >= 0.3 is 11.8 Å². The molecule has 1 fully saturated rings. The van der Waals surface area contributed by atoms with E-state index in [1.165, 1.54) is 9.80 Å². The molecule has 2 heterocycles. The first-order valence-corrected chi connectivity index (χ1v) is 8.78. The van der Waals surface area contributed by atoms with Crippen molar-refractivity contribution in [1.82, 2.24) is 15.0 Å². The molecule has 1 aromatic heterocycles. The lowest BCUT2D eigenvalue weighted by atomic mass is 10.2. The quantitative estimate of drug-likeness (QED) is 0.632.